The molecule has 0 aromatic heterocycles. The molecule has 1 saturated heterocycles. The summed E-state index contributed by atoms with van der Waals surface area (Å²) in [5.74, 6) is -0.378. The van der Waals surface area contributed by atoms with E-state index in [0.717, 1.165) is 5.56 Å². The minimum atomic E-state index is -0.378. The van der Waals surface area contributed by atoms with Gasteiger partial charge in [-0.05, 0) is 5.56 Å². The number of hydrogen-bond acceptors (Lipinski definition) is 3. The van der Waals surface area contributed by atoms with Crippen molar-refractivity contribution in [3.8, 4) is 0 Å². The third-order valence-electron chi connectivity index (χ3n) is 2.17. The quantitative estimate of drug-likeness (QED) is 0.425. The van der Waals surface area contributed by atoms with Gasteiger partial charge in [0.25, 0.3) is 0 Å². The van der Waals surface area contributed by atoms with Gasteiger partial charge in [0.15, 0.2) is 0 Å². The van der Waals surface area contributed by atoms with Gasteiger partial charge < -0.3 is 9.47 Å². The normalized spacial score (nSPS) is 18.3. The Morgan fingerprint density at radius 2 is 2.13 bits per heavy atom. The molecule has 1 heterocycles. The van der Waals surface area contributed by atoms with Crippen molar-refractivity contribution < 1.29 is 14.3 Å². The van der Waals surface area contributed by atoms with Gasteiger partial charge in [0.05, 0.1) is 12.2 Å². The van der Waals surface area contributed by atoms with E-state index in [1.165, 1.54) is 0 Å². The Balaban J connectivity index is 1.91. The molecule has 0 N–H and O–H groups in total. The molecule has 1 aliphatic rings. The van der Waals surface area contributed by atoms with E-state index < -0.39 is 0 Å². The lowest BCUT2D eigenvalue weighted by Crippen LogP contribution is -2.10. The summed E-state index contributed by atoms with van der Waals surface area (Å²) in [5, 5.41) is 0. The van der Waals surface area contributed by atoms with E-state index >= 15 is 0 Å². The summed E-state index contributed by atoms with van der Waals surface area (Å²) in [6, 6.07) is 9.27. The topological polar surface area (TPSA) is 38.8 Å². The maximum absolute atomic E-state index is 11.5. The lowest BCUT2D eigenvalue weighted by Gasteiger charge is -2.05. The molecule has 3 nitrogen and oxygen atoms in total. The summed E-state index contributed by atoms with van der Waals surface area (Å²) in [4.78, 5) is 11.5. The van der Waals surface area contributed by atoms with E-state index in [1.54, 1.807) is 0 Å². The molecule has 78 valence electrons. The van der Waals surface area contributed by atoms with E-state index in [0.29, 0.717) is 18.8 Å². The highest BCUT2D eigenvalue weighted by molar-refractivity contribution is 6.15. The van der Waals surface area contributed by atoms with E-state index in [9.17, 15) is 4.79 Å². The second-order valence-electron chi connectivity index (χ2n) is 3.40. The summed E-state index contributed by atoms with van der Waals surface area (Å²) >= 11 is 0. The Morgan fingerprint density at radius 1 is 1.47 bits per heavy atom. The molecule has 1 unspecified atom stereocenters. The van der Waals surface area contributed by atoms with Crippen molar-refractivity contribution >= 4 is 11.5 Å². The average Bonchev–Trinajstić information content (AvgIpc) is 3.10. The number of carbonyl (C=O) groups excluding carboxylic acids is 1. The number of hydrogen-bond donors (Lipinski definition) is 0. The maximum Gasteiger partial charge on any atom is 0.338 e. The first-order valence-corrected chi connectivity index (χ1v) is 4.80. The number of esters is 1. The third kappa shape index (κ3) is 2.67. The predicted molar refractivity (Wildman–Crippen MR) is 56.2 cm³/mol. The molecule has 1 aromatic carbocycles. The monoisotopic (exact) mass is 204 g/mol. The van der Waals surface area contributed by atoms with Gasteiger partial charge in [0, 0.05) is 0 Å². The fourth-order valence-corrected chi connectivity index (χ4v) is 1.18. The van der Waals surface area contributed by atoms with Gasteiger partial charge in [-0.1, -0.05) is 36.9 Å². The van der Waals surface area contributed by atoms with Gasteiger partial charge in [0.2, 0.25) is 0 Å². The molecule has 0 radical (unpaired) electrons. The molecule has 15 heavy (non-hydrogen) atoms. The zero-order valence-electron chi connectivity index (χ0n) is 8.31. The molecular formula is C12H12O3. The molecule has 1 atom stereocenters. The zero-order valence-corrected chi connectivity index (χ0v) is 8.31. The minimum absolute atomic E-state index is 0.0949. The molecule has 1 aromatic rings. The van der Waals surface area contributed by atoms with Gasteiger partial charge in [0.1, 0.15) is 12.7 Å². The van der Waals surface area contributed by atoms with Crippen molar-refractivity contribution in [1.29, 1.82) is 0 Å². The van der Waals surface area contributed by atoms with Crippen LogP contribution in [0.15, 0.2) is 36.9 Å². The van der Waals surface area contributed by atoms with Crippen LogP contribution in [0.3, 0.4) is 0 Å². The van der Waals surface area contributed by atoms with Crippen LogP contribution in [0.4, 0.5) is 0 Å². The predicted octanol–water partition coefficient (Wildman–Crippen LogP) is 1.64. The Bertz CT molecular complexity index is 366. The summed E-state index contributed by atoms with van der Waals surface area (Å²) in [7, 11) is 0. The van der Waals surface area contributed by atoms with Crippen LogP contribution in [0.1, 0.15) is 5.56 Å². The van der Waals surface area contributed by atoms with Crippen molar-refractivity contribution in [2.75, 3.05) is 13.2 Å². The molecule has 0 saturated carbocycles. The van der Waals surface area contributed by atoms with Crippen LogP contribution in [0, 0.1) is 0 Å². The Kier molecular flexibility index (Phi) is 2.83. The molecule has 1 aliphatic heterocycles. The van der Waals surface area contributed by atoms with Crippen molar-refractivity contribution in [2.24, 2.45) is 0 Å². The lowest BCUT2D eigenvalue weighted by molar-refractivity contribution is -0.137. The molecule has 0 aliphatic carbocycles. The molecule has 3 heteroatoms. The summed E-state index contributed by atoms with van der Waals surface area (Å²) < 4.78 is 9.96. The van der Waals surface area contributed by atoms with Crippen LogP contribution in [0.2, 0.25) is 0 Å². The fraction of sp³-hybridized carbons (Fsp3) is 0.250. The van der Waals surface area contributed by atoms with Crippen molar-refractivity contribution in [3.05, 3.63) is 42.5 Å². The minimum Gasteiger partial charge on any atom is -0.459 e. The van der Waals surface area contributed by atoms with Gasteiger partial charge in [-0.2, -0.15) is 0 Å². The van der Waals surface area contributed by atoms with Gasteiger partial charge in [-0.25, -0.2) is 4.79 Å². The highest BCUT2D eigenvalue weighted by atomic mass is 16.6. The van der Waals surface area contributed by atoms with Crippen molar-refractivity contribution in [1.82, 2.24) is 0 Å². The van der Waals surface area contributed by atoms with Crippen LogP contribution >= 0.6 is 0 Å². The summed E-state index contributed by atoms with van der Waals surface area (Å²) in [6.45, 7) is 4.72. The summed E-state index contributed by atoms with van der Waals surface area (Å²) in [6.07, 6.45) is 0.0949. The largest absolute Gasteiger partial charge is 0.459 e. The first kappa shape index (κ1) is 9.93. The first-order chi connectivity index (χ1) is 7.27. The molecular weight excluding hydrogens is 192 g/mol. The van der Waals surface area contributed by atoms with Crippen molar-refractivity contribution in [3.63, 3.8) is 0 Å². The highest BCUT2D eigenvalue weighted by Gasteiger charge is 2.24. The first-order valence-electron chi connectivity index (χ1n) is 4.80. The molecule has 0 spiro atoms. The van der Waals surface area contributed by atoms with E-state index in [-0.39, 0.29) is 12.1 Å². The Labute approximate surface area is 88.3 Å². The van der Waals surface area contributed by atoms with Gasteiger partial charge >= 0.3 is 5.97 Å². The SMILES string of the molecule is C=C(C(=O)OCC1CO1)c1ccccc1. The number of epoxide rings is 1. The fourth-order valence-electron chi connectivity index (χ4n) is 1.18. The smallest absolute Gasteiger partial charge is 0.338 e. The molecule has 0 bridgehead atoms. The number of carbonyl (C=O) groups is 1. The van der Waals surface area contributed by atoms with Gasteiger partial charge in [-0.15, -0.1) is 0 Å². The van der Waals surface area contributed by atoms with Crippen LogP contribution in [-0.2, 0) is 14.3 Å². The standard InChI is InChI=1S/C12H12O3/c1-9(10-5-3-2-4-6-10)12(13)15-8-11-7-14-11/h2-6,11H,1,7-8H2. The van der Waals surface area contributed by atoms with E-state index in [1.807, 2.05) is 30.3 Å². The third-order valence-corrected chi connectivity index (χ3v) is 2.17. The van der Waals surface area contributed by atoms with Gasteiger partial charge in [-0.3, -0.25) is 0 Å². The highest BCUT2D eigenvalue weighted by Crippen LogP contribution is 2.15. The van der Waals surface area contributed by atoms with Crippen LogP contribution in [0.5, 0.6) is 0 Å². The van der Waals surface area contributed by atoms with E-state index in [2.05, 4.69) is 6.58 Å². The Hall–Kier alpha value is -1.61. The second-order valence-corrected chi connectivity index (χ2v) is 3.40. The van der Waals surface area contributed by atoms with E-state index in [4.69, 9.17) is 9.47 Å². The zero-order chi connectivity index (χ0) is 10.7. The van der Waals surface area contributed by atoms with Crippen molar-refractivity contribution in [2.45, 2.75) is 6.10 Å². The number of benzene rings is 1. The molecule has 1 fully saturated rings. The maximum atomic E-state index is 11.5. The summed E-state index contributed by atoms with van der Waals surface area (Å²) in [5.41, 5.74) is 1.18. The van der Waals surface area contributed by atoms with Crippen LogP contribution in [-0.4, -0.2) is 25.3 Å². The van der Waals surface area contributed by atoms with Crippen LogP contribution < -0.4 is 0 Å². The average molecular weight is 204 g/mol. The number of ether oxygens (including phenoxy) is 2. The lowest BCUT2D eigenvalue weighted by atomic mass is 10.1. The number of rotatable bonds is 4. The Morgan fingerprint density at radius 3 is 2.73 bits per heavy atom. The molecule has 0 amide bonds. The molecule has 2 rings (SSSR count). The second kappa shape index (κ2) is 4.28. The van der Waals surface area contributed by atoms with Crippen LogP contribution in [0.25, 0.3) is 5.57 Å².